The summed E-state index contributed by atoms with van der Waals surface area (Å²) in [5, 5.41) is 0. The molecular formula is C7H13O5P. The van der Waals surface area contributed by atoms with Gasteiger partial charge in [0.2, 0.25) is 0 Å². The van der Waals surface area contributed by atoms with Crippen LogP contribution in [0.4, 0.5) is 0 Å². The van der Waals surface area contributed by atoms with Crippen LogP contribution < -0.4 is 0 Å². The van der Waals surface area contributed by atoms with Gasteiger partial charge in [-0.15, -0.1) is 0 Å². The molecule has 0 bridgehead atoms. The number of hydrogen-bond acceptors (Lipinski definition) is 5. The van der Waals surface area contributed by atoms with E-state index in [9.17, 15) is 9.36 Å². The first-order chi connectivity index (χ1) is 6.12. The van der Waals surface area contributed by atoms with E-state index in [0.29, 0.717) is 13.0 Å². The second-order valence-corrected chi connectivity index (χ2v) is 5.31. The van der Waals surface area contributed by atoms with Gasteiger partial charge in [0.25, 0.3) is 0 Å². The van der Waals surface area contributed by atoms with Crippen molar-refractivity contribution in [2.75, 3.05) is 20.8 Å². The summed E-state index contributed by atoms with van der Waals surface area (Å²) in [7, 11) is -0.447. The Morgan fingerprint density at radius 3 is 2.54 bits per heavy atom. The van der Waals surface area contributed by atoms with Gasteiger partial charge < -0.3 is 13.8 Å². The Balaban J connectivity index is 2.69. The van der Waals surface area contributed by atoms with Crippen LogP contribution in [-0.4, -0.2) is 32.5 Å². The number of hydrogen-bond donors (Lipinski definition) is 0. The molecule has 0 aromatic rings. The minimum atomic E-state index is -3.09. The average molecular weight is 208 g/mol. The molecule has 5 nitrogen and oxygen atoms in total. The molecular weight excluding hydrogens is 195 g/mol. The fourth-order valence-corrected chi connectivity index (χ4v) is 2.84. The summed E-state index contributed by atoms with van der Waals surface area (Å²) in [5.41, 5.74) is -0.358. The maximum absolute atomic E-state index is 11.8. The first kappa shape index (κ1) is 10.7. The van der Waals surface area contributed by atoms with Gasteiger partial charge in [0.05, 0.1) is 18.7 Å². The lowest BCUT2D eigenvalue weighted by Crippen LogP contribution is -2.25. The molecule has 0 amide bonds. The highest BCUT2D eigenvalue weighted by atomic mass is 31.2. The van der Waals surface area contributed by atoms with Crippen LogP contribution in [0.3, 0.4) is 0 Å². The smallest absolute Gasteiger partial charge is 0.333 e. The van der Waals surface area contributed by atoms with Crippen LogP contribution in [0.25, 0.3) is 0 Å². The molecule has 1 atom stereocenters. The van der Waals surface area contributed by atoms with Crippen molar-refractivity contribution in [2.24, 2.45) is 0 Å². The van der Waals surface area contributed by atoms with Gasteiger partial charge in [0.1, 0.15) is 0 Å². The van der Waals surface area contributed by atoms with Gasteiger partial charge in [-0.2, -0.15) is 0 Å². The number of rotatable bonds is 3. The third-order valence-electron chi connectivity index (χ3n) is 2.07. The molecule has 1 rings (SSSR count). The van der Waals surface area contributed by atoms with Gasteiger partial charge in [-0.1, -0.05) is 0 Å². The molecule has 6 heteroatoms. The maximum Gasteiger partial charge on any atom is 0.333 e. The van der Waals surface area contributed by atoms with Crippen molar-refractivity contribution in [1.29, 1.82) is 0 Å². The molecule has 0 radical (unpaired) electrons. The fraction of sp³-hybridized carbons (Fsp3) is 0.857. The number of carbonyl (C=O) groups is 1. The molecule has 1 fully saturated rings. The predicted octanol–water partition coefficient (Wildman–Crippen LogP) is 1.18. The second kappa shape index (κ2) is 4.22. The Hall–Kier alpha value is -0.380. The van der Waals surface area contributed by atoms with Crippen molar-refractivity contribution < 1.29 is 23.1 Å². The molecule has 0 N–H and O–H groups in total. The normalized spacial score (nSPS) is 24.2. The molecule has 0 aromatic heterocycles. The first-order valence-corrected chi connectivity index (χ1v) is 5.60. The van der Waals surface area contributed by atoms with E-state index in [1.165, 1.54) is 14.2 Å². The summed E-state index contributed by atoms with van der Waals surface area (Å²) in [4.78, 5) is 10.9. The highest BCUT2D eigenvalue weighted by Gasteiger charge is 2.38. The summed E-state index contributed by atoms with van der Waals surface area (Å²) in [6.07, 6.45) is 0.643. The first-order valence-electron chi connectivity index (χ1n) is 3.99. The Kier molecular flexibility index (Phi) is 3.47. The number of ether oxygens (including phenoxy) is 1. The van der Waals surface area contributed by atoms with Crippen molar-refractivity contribution in [3.05, 3.63) is 0 Å². The zero-order chi connectivity index (χ0) is 9.90. The third kappa shape index (κ3) is 2.30. The zero-order valence-corrected chi connectivity index (χ0v) is 8.58. The van der Waals surface area contributed by atoms with E-state index in [4.69, 9.17) is 13.8 Å². The standard InChI is InChI=1S/C7H13O5P/c1-10-13(9,11-2)6-3-4-12-7(8)5-6/h6H,3-5H2,1-2H3. The van der Waals surface area contributed by atoms with E-state index in [2.05, 4.69) is 0 Å². The fourth-order valence-electron chi connectivity index (χ4n) is 1.30. The molecule has 0 spiro atoms. The summed E-state index contributed by atoms with van der Waals surface area (Å²) in [6.45, 7) is 0.292. The van der Waals surface area contributed by atoms with Gasteiger partial charge in [-0.3, -0.25) is 9.36 Å². The minimum Gasteiger partial charge on any atom is -0.466 e. The highest BCUT2D eigenvalue weighted by molar-refractivity contribution is 7.54. The lowest BCUT2D eigenvalue weighted by Gasteiger charge is -2.26. The molecule has 1 unspecified atom stereocenters. The van der Waals surface area contributed by atoms with Crippen LogP contribution in [0.2, 0.25) is 0 Å². The van der Waals surface area contributed by atoms with Gasteiger partial charge in [0.15, 0.2) is 0 Å². The van der Waals surface area contributed by atoms with Crippen LogP contribution in [0, 0.1) is 0 Å². The lowest BCUT2D eigenvalue weighted by molar-refractivity contribution is -0.146. The quantitative estimate of drug-likeness (QED) is 0.514. The van der Waals surface area contributed by atoms with E-state index >= 15 is 0 Å². The maximum atomic E-state index is 11.8. The van der Waals surface area contributed by atoms with Crippen molar-refractivity contribution >= 4 is 13.6 Å². The molecule has 13 heavy (non-hydrogen) atoms. The molecule has 76 valence electrons. The topological polar surface area (TPSA) is 61.8 Å². The second-order valence-electron chi connectivity index (χ2n) is 2.77. The van der Waals surface area contributed by atoms with Crippen LogP contribution in [-0.2, 0) is 23.1 Å². The van der Waals surface area contributed by atoms with E-state index < -0.39 is 7.60 Å². The van der Waals surface area contributed by atoms with E-state index in [0.717, 1.165) is 0 Å². The highest BCUT2D eigenvalue weighted by Crippen LogP contribution is 2.54. The van der Waals surface area contributed by atoms with Gasteiger partial charge in [0, 0.05) is 14.2 Å². The Bertz CT molecular complexity index is 231. The third-order valence-corrected chi connectivity index (χ3v) is 4.43. The number of esters is 1. The van der Waals surface area contributed by atoms with Crippen LogP contribution >= 0.6 is 7.60 Å². The molecule has 0 saturated carbocycles. The minimum absolute atomic E-state index is 0.110. The molecule has 1 aliphatic rings. The van der Waals surface area contributed by atoms with Crippen molar-refractivity contribution in [3.63, 3.8) is 0 Å². The van der Waals surface area contributed by atoms with Crippen molar-refractivity contribution in [2.45, 2.75) is 18.5 Å². The Morgan fingerprint density at radius 2 is 2.08 bits per heavy atom. The van der Waals surface area contributed by atoms with E-state index in [1.807, 2.05) is 0 Å². The van der Waals surface area contributed by atoms with Crippen LogP contribution in [0.1, 0.15) is 12.8 Å². The monoisotopic (exact) mass is 208 g/mol. The van der Waals surface area contributed by atoms with Crippen molar-refractivity contribution in [3.8, 4) is 0 Å². The summed E-state index contributed by atoms with van der Waals surface area (Å²) in [6, 6.07) is 0. The SMILES string of the molecule is COP(=O)(OC)C1CCOC(=O)C1. The summed E-state index contributed by atoms with van der Waals surface area (Å²) < 4.78 is 26.1. The van der Waals surface area contributed by atoms with Crippen molar-refractivity contribution in [1.82, 2.24) is 0 Å². The molecule has 1 saturated heterocycles. The van der Waals surface area contributed by atoms with E-state index in [1.54, 1.807) is 0 Å². The summed E-state index contributed by atoms with van der Waals surface area (Å²) in [5.74, 6) is -0.342. The summed E-state index contributed by atoms with van der Waals surface area (Å²) >= 11 is 0. The number of cyclic esters (lactones) is 1. The Morgan fingerprint density at radius 1 is 1.46 bits per heavy atom. The predicted molar refractivity (Wildman–Crippen MR) is 45.6 cm³/mol. The number of carbonyl (C=O) groups excluding carboxylic acids is 1. The average Bonchev–Trinajstić information content (AvgIpc) is 2.17. The largest absolute Gasteiger partial charge is 0.466 e. The molecule has 0 aromatic carbocycles. The van der Waals surface area contributed by atoms with Gasteiger partial charge in [-0.25, -0.2) is 0 Å². The van der Waals surface area contributed by atoms with Gasteiger partial charge >= 0.3 is 13.6 Å². The molecule has 1 heterocycles. The zero-order valence-electron chi connectivity index (χ0n) is 7.69. The van der Waals surface area contributed by atoms with Gasteiger partial charge in [-0.05, 0) is 6.42 Å². The Labute approximate surface area is 76.9 Å². The van der Waals surface area contributed by atoms with E-state index in [-0.39, 0.29) is 18.0 Å². The molecule has 0 aliphatic carbocycles. The van der Waals surface area contributed by atoms with Crippen LogP contribution in [0.5, 0.6) is 0 Å². The lowest BCUT2D eigenvalue weighted by atomic mass is 10.2. The van der Waals surface area contributed by atoms with Crippen LogP contribution in [0.15, 0.2) is 0 Å². The molecule has 1 aliphatic heterocycles.